The van der Waals surface area contributed by atoms with Crippen molar-refractivity contribution >= 4 is 11.8 Å². The molecule has 1 atom stereocenters. The van der Waals surface area contributed by atoms with Gasteiger partial charge in [-0.1, -0.05) is 42.5 Å². The molecule has 0 N–H and O–H groups in total. The first-order chi connectivity index (χ1) is 6.93. The van der Waals surface area contributed by atoms with Crippen molar-refractivity contribution in [2.75, 3.05) is 0 Å². The molecule has 14 heavy (non-hydrogen) atoms. The van der Waals surface area contributed by atoms with Gasteiger partial charge in [0.1, 0.15) is 0 Å². The van der Waals surface area contributed by atoms with Crippen molar-refractivity contribution in [3.8, 4) is 0 Å². The zero-order valence-corrected chi connectivity index (χ0v) is 8.50. The number of benzene rings is 2. The van der Waals surface area contributed by atoms with Crippen LogP contribution in [0.5, 0.6) is 0 Å². The summed E-state index contributed by atoms with van der Waals surface area (Å²) in [6, 6.07) is 19.5. The Labute approximate surface area is 88.0 Å². The number of thioether (sulfide) groups is 1. The molecule has 1 aliphatic heterocycles. The summed E-state index contributed by atoms with van der Waals surface area (Å²) in [6.45, 7) is 0. The Morgan fingerprint density at radius 3 is 2.36 bits per heavy atom. The SMILES string of the molecule is c1ccc(C2Sc3cccc2c3)cc1. The Morgan fingerprint density at radius 2 is 1.57 bits per heavy atom. The third kappa shape index (κ3) is 1.25. The fraction of sp³-hybridized carbons (Fsp3) is 0.0769. The smallest absolute Gasteiger partial charge is 0.0594 e. The van der Waals surface area contributed by atoms with E-state index in [2.05, 4.69) is 54.6 Å². The Balaban J connectivity index is 2.03. The minimum atomic E-state index is 0.515. The average molecular weight is 198 g/mol. The van der Waals surface area contributed by atoms with Gasteiger partial charge in [-0.2, -0.15) is 0 Å². The summed E-state index contributed by atoms with van der Waals surface area (Å²) in [5, 5.41) is 0.515. The Bertz CT molecular complexity index is 448. The van der Waals surface area contributed by atoms with Crippen molar-refractivity contribution in [1.29, 1.82) is 0 Å². The van der Waals surface area contributed by atoms with Gasteiger partial charge in [0.15, 0.2) is 0 Å². The normalized spacial score (nSPS) is 18.4. The molecule has 2 aromatic rings. The van der Waals surface area contributed by atoms with Crippen LogP contribution in [-0.4, -0.2) is 0 Å². The van der Waals surface area contributed by atoms with Crippen LogP contribution in [0.4, 0.5) is 0 Å². The summed E-state index contributed by atoms with van der Waals surface area (Å²) in [4.78, 5) is 1.39. The first-order valence-corrected chi connectivity index (χ1v) is 5.63. The third-order valence-electron chi connectivity index (χ3n) is 2.52. The van der Waals surface area contributed by atoms with Crippen LogP contribution in [0.2, 0.25) is 0 Å². The van der Waals surface area contributed by atoms with Crippen molar-refractivity contribution in [1.82, 2.24) is 0 Å². The van der Waals surface area contributed by atoms with E-state index in [4.69, 9.17) is 0 Å². The minimum Gasteiger partial charge on any atom is -0.113 e. The molecular formula is C13H10S. The summed E-state index contributed by atoms with van der Waals surface area (Å²) in [5.41, 5.74) is 2.83. The first-order valence-electron chi connectivity index (χ1n) is 4.75. The molecule has 3 rings (SSSR count). The molecule has 2 aromatic carbocycles. The van der Waals surface area contributed by atoms with Gasteiger partial charge in [-0.3, -0.25) is 0 Å². The Morgan fingerprint density at radius 1 is 0.786 bits per heavy atom. The van der Waals surface area contributed by atoms with Gasteiger partial charge in [0.05, 0.1) is 5.25 Å². The highest BCUT2D eigenvalue weighted by atomic mass is 32.2. The molecule has 0 amide bonds. The molecule has 2 bridgehead atoms. The fourth-order valence-electron chi connectivity index (χ4n) is 1.84. The molecule has 1 heterocycles. The van der Waals surface area contributed by atoms with Crippen LogP contribution < -0.4 is 0 Å². The Kier molecular flexibility index (Phi) is 1.84. The molecule has 68 valence electrons. The van der Waals surface area contributed by atoms with Crippen molar-refractivity contribution < 1.29 is 0 Å². The predicted octanol–water partition coefficient (Wildman–Crippen LogP) is 3.88. The van der Waals surface area contributed by atoms with Crippen molar-refractivity contribution in [3.05, 3.63) is 65.7 Å². The van der Waals surface area contributed by atoms with Gasteiger partial charge < -0.3 is 0 Å². The van der Waals surface area contributed by atoms with Gasteiger partial charge in [-0.05, 0) is 23.3 Å². The molecule has 1 unspecified atom stereocenters. The second-order valence-electron chi connectivity index (χ2n) is 3.48. The standard InChI is InChI=1S/C13H10S/c1-2-5-10(6-3-1)13-11-7-4-8-12(9-11)14-13/h1-9,13H. The highest BCUT2D eigenvalue weighted by molar-refractivity contribution is 8.00. The van der Waals surface area contributed by atoms with E-state index < -0.39 is 0 Å². The topological polar surface area (TPSA) is 0 Å². The van der Waals surface area contributed by atoms with Crippen LogP contribution in [0, 0.1) is 0 Å². The molecule has 0 aliphatic carbocycles. The van der Waals surface area contributed by atoms with E-state index in [0.29, 0.717) is 5.25 Å². The van der Waals surface area contributed by atoms with Crippen LogP contribution in [0.15, 0.2) is 59.5 Å². The molecular weight excluding hydrogens is 188 g/mol. The van der Waals surface area contributed by atoms with Gasteiger partial charge >= 0.3 is 0 Å². The van der Waals surface area contributed by atoms with Gasteiger partial charge in [-0.25, -0.2) is 0 Å². The van der Waals surface area contributed by atoms with Crippen molar-refractivity contribution in [2.24, 2.45) is 0 Å². The number of fused-ring (bicyclic) bond motifs is 2. The zero-order chi connectivity index (χ0) is 9.38. The lowest BCUT2D eigenvalue weighted by molar-refractivity contribution is 1.18. The second kappa shape index (κ2) is 3.18. The van der Waals surface area contributed by atoms with Gasteiger partial charge in [-0.15, -0.1) is 11.8 Å². The minimum absolute atomic E-state index is 0.515. The van der Waals surface area contributed by atoms with E-state index in [-0.39, 0.29) is 0 Å². The molecule has 0 nitrogen and oxygen atoms in total. The van der Waals surface area contributed by atoms with Gasteiger partial charge in [0, 0.05) is 4.90 Å². The zero-order valence-electron chi connectivity index (χ0n) is 7.68. The fourth-order valence-corrected chi connectivity index (χ4v) is 3.05. The second-order valence-corrected chi connectivity index (χ2v) is 4.66. The van der Waals surface area contributed by atoms with Crippen molar-refractivity contribution in [3.63, 3.8) is 0 Å². The highest BCUT2D eigenvalue weighted by Gasteiger charge is 2.21. The maximum Gasteiger partial charge on any atom is 0.0594 e. The van der Waals surface area contributed by atoms with E-state index in [1.54, 1.807) is 0 Å². The predicted molar refractivity (Wildman–Crippen MR) is 60.6 cm³/mol. The summed E-state index contributed by atoms with van der Waals surface area (Å²) < 4.78 is 0. The lowest BCUT2D eigenvalue weighted by Crippen LogP contribution is -1.89. The van der Waals surface area contributed by atoms with Gasteiger partial charge in [0.25, 0.3) is 0 Å². The number of hydrogen-bond donors (Lipinski definition) is 0. The van der Waals surface area contributed by atoms with Crippen molar-refractivity contribution in [2.45, 2.75) is 10.1 Å². The van der Waals surface area contributed by atoms with E-state index in [9.17, 15) is 0 Å². The van der Waals surface area contributed by atoms with Crippen LogP contribution in [0.1, 0.15) is 16.4 Å². The quantitative estimate of drug-likeness (QED) is 0.670. The lowest BCUT2D eigenvalue weighted by Gasteiger charge is -2.09. The lowest BCUT2D eigenvalue weighted by atomic mass is 10.1. The number of rotatable bonds is 1. The molecule has 0 saturated carbocycles. The molecule has 0 spiro atoms. The molecule has 1 aliphatic rings. The summed E-state index contributed by atoms with van der Waals surface area (Å²) in [6.07, 6.45) is 0. The van der Waals surface area contributed by atoms with Crippen LogP contribution in [0.25, 0.3) is 0 Å². The molecule has 0 aromatic heterocycles. The largest absolute Gasteiger partial charge is 0.113 e. The third-order valence-corrected chi connectivity index (χ3v) is 3.82. The molecule has 0 saturated heterocycles. The van der Waals surface area contributed by atoms with E-state index in [1.165, 1.54) is 16.0 Å². The Hall–Kier alpha value is -1.21. The molecule has 0 radical (unpaired) electrons. The van der Waals surface area contributed by atoms with E-state index >= 15 is 0 Å². The molecule has 0 fully saturated rings. The van der Waals surface area contributed by atoms with Gasteiger partial charge in [0.2, 0.25) is 0 Å². The van der Waals surface area contributed by atoms with Crippen LogP contribution >= 0.6 is 11.8 Å². The maximum absolute atomic E-state index is 2.28. The van der Waals surface area contributed by atoms with Crippen LogP contribution in [0.3, 0.4) is 0 Å². The first kappa shape index (κ1) is 8.13. The van der Waals surface area contributed by atoms with E-state index in [1.807, 2.05) is 11.8 Å². The number of hydrogen-bond acceptors (Lipinski definition) is 1. The summed E-state index contributed by atoms with van der Waals surface area (Å²) in [7, 11) is 0. The summed E-state index contributed by atoms with van der Waals surface area (Å²) in [5.74, 6) is 0. The average Bonchev–Trinajstić information content (AvgIpc) is 2.55. The summed E-state index contributed by atoms with van der Waals surface area (Å²) >= 11 is 1.94. The highest BCUT2D eigenvalue weighted by Crippen LogP contribution is 2.46. The monoisotopic (exact) mass is 198 g/mol. The van der Waals surface area contributed by atoms with Crippen LogP contribution in [-0.2, 0) is 0 Å². The maximum atomic E-state index is 2.28. The molecule has 1 heteroatoms. The van der Waals surface area contributed by atoms with E-state index in [0.717, 1.165) is 0 Å².